The minimum Gasteiger partial charge on any atom is -0.504 e. The second-order valence-corrected chi connectivity index (χ2v) is 9.51. The van der Waals surface area contributed by atoms with E-state index in [4.69, 9.17) is 10.2 Å². The normalized spacial score (nSPS) is 14.6. The number of alkyl halides is 3. The zero-order chi connectivity index (χ0) is 24.0. The summed E-state index contributed by atoms with van der Waals surface area (Å²) in [5.74, 6) is -0.752. The SMILES string of the molecule is CCC(=O)N1CCC(C)CC1.CCCCPCC.Cc1cc(O)c(O)c(C(F)(F)F)c1. The zero-order valence-corrected chi connectivity index (χ0v) is 20.5. The summed E-state index contributed by atoms with van der Waals surface area (Å²) < 4.78 is 36.4. The van der Waals surface area contributed by atoms with Gasteiger partial charge >= 0.3 is 6.18 Å². The van der Waals surface area contributed by atoms with Crippen LogP contribution in [0.1, 0.15) is 70.9 Å². The summed E-state index contributed by atoms with van der Waals surface area (Å²) >= 11 is 0. The number of hydrogen-bond donors (Lipinski definition) is 2. The highest BCUT2D eigenvalue weighted by Gasteiger charge is 2.35. The summed E-state index contributed by atoms with van der Waals surface area (Å²) in [4.78, 5) is 13.2. The Bertz CT molecular complexity index is 642. The second-order valence-electron chi connectivity index (χ2n) is 7.80. The molecule has 0 spiro atoms. The molecule has 0 bridgehead atoms. The molecule has 1 aromatic rings. The van der Waals surface area contributed by atoms with Gasteiger partial charge in [-0.25, -0.2) is 0 Å². The van der Waals surface area contributed by atoms with Gasteiger partial charge in [0.25, 0.3) is 0 Å². The molecule has 8 heteroatoms. The van der Waals surface area contributed by atoms with Gasteiger partial charge in [0.1, 0.15) is 5.56 Å². The van der Waals surface area contributed by atoms with Crippen LogP contribution in [0.5, 0.6) is 11.5 Å². The van der Waals surface area contributed by atoms with E-state index in [-0.39, 0.29) is 5.56 Å². The quantitative estimate of drug-likeness (QED) is 0.294. The summed E-state index contributed by atoms with van der Waals surface area (Å²) in [5.41, 5.74) is -0.979. The van der Waals surface area contributed by atoms with E-state index in [9.17, 15) is 18.0 Å². The lowest BCUT2D eigenvalue weighted by molar-refractivity contribution is -0.139. The van der Waals surface area contributed by atoms with Gasteiger partial charge in [-0.3, -0.25) is 4.79 Å². The van der Waals surface area contributed by atoms with Crippen molar-refractivity contribution >= 4 is 14.5 Å². The standard InChI is InChI=1S/C9H17NO.C8H7F3O2.C6H15P/c1-3-9(11)10-6-4-8(2)5-7-10;1-4-2-5(8(9,10)11)7(13)6(12)3-4;1-3-5-6-7-4-2/h8H,3-7H2,1-2H3;2-3,12-13H,1H3;7H,3-6H2,1-2H3. The van der Waals surface area contributed by atoms with E-state index in [1.165, 1.54) is 53.5 Å². The molecule has 31 heavy (non-hydrogen) atoms. The highest BCUT2D eigenvalue weighted by Crippen LogP contribution is 2.40. The topological polar surface area (TPSA) is 60.8 Å². The number of likely N-dealkylation sites (tertiary alicyclic amines) is 1. The first-order valence-corrected chi connectivity index (χ1v) is 12.5. The van der Waals surface area contributed by atoms with Gasteiger partial charge in [0.15, 0.2) is 11.5 Å². The number of hydrogen-bond acceptors (Lipinski definition) is 3. The Morgan fingerprint density at radius 3 is 2.19 bits per heavy atom. The molecule has 1 aromatic carbocycles. The molecule has 1 aliphatic rings. The summed E-state index contributed by atoms with van der Waals surface area (Å²) in [6.45, 7) is 12.1. The van der Waals surface area contributed by atoms with E-state index in [1.54, 1.807) is 0 Å². The molecule has 2 N–H and O–H groups in total. The Balaban J connectivity index is 0.000000457. The fourth-order valence-corrected chi connectivity index (χ4v) is 3.89. The van der Waals surface area contributed by atoms with Crippen molar-refractivity contribution in [2.45, 2.75) is 72.9 Å². The molecule has 180 valence electrons. The molecule has 1 fully saturated rings. The van der Waals surface area contributed by atoms with Gasteiger partial charge in [0, 0.05) is 19.5 Å². The first kappa shape index (κ1) is 29.5. The maximum absolute atomic E-state index is 12.1. The number of halogens is 3. The minimum absolute atomic E-state index is 0.239. The summed E-state index contributed by atoms with van der Waals surface area (Å²) in [6, 6.07) is 1.83. The highest BCUT2D eigenvalue weighted by atomic mass is 31.1. The lowest BCUT2D eigenvalue weighted by Crippen LogP contribution is -2.37. The monoisotopic (exact) mass is 465 g/mol. The number of carbonyl (C=O) groups is 1. The van der Waals surface area contributed by atoms with Gasteiger partial charge in [-0.1, -0.05) is 34.1 Å². The van der Waals surface area contributed by atoms with Crippen LogP contribution in [0.2, 0.25) is 0 Å². The predicted molar refractivity (Wildman–Crippen MR) is 123 cm³/mol. The molecule has 0 saturated carbocycles. The van der Waals surface area contributed by atoms with Crippen LogP contribution in [0.3, 0.4) is 0 Å². The maximum atomic E-state index is 12.1. The molecule has 1 unspecified atom stereocenters. The van der Waals surface area contributed by atoms with Gasteiger partial charge < -0.3 is 15.1 Å². The van der Waals surface area contributed by atoms with Crippen LogP contribution in [-0.4, -0.2) is 46.4 Å². The number of benzene rings is 1. The average Bonchev–Trinajstić information content (AvgIpc) is 2.71. The predicted octanol–water partition coefficient (Wildman–Crippen LogP) is 6.56. The molecule has 0 aromatic heterocycles. The lowest BCUT2D eigenvalue weighted by Gasteiger charge is -2.29. The van der Waals surface area contributed by atoms with E-state index in [0.29, 0.717) is 12.3 Å². The van der Waals surface area contributed by atoms with E-state index in [1.807, 2.05) is 11.8 Å². The van der Waals surface area contributed by atoms with Gasteiger partial charge in [0.05, 0.1) is 0 Å². The van der Waals surface area contributed by atoms with Crippen molar-refractivity contribution < 1.29 is 28.2 Å². The van der Waals surface area contributed by atoms with E-state index in [0.717, 1.165) is 31.1 Å². The maximum Gasteiger partial charge on any atom is 0.420 e. The van der Waals surface area contributed by atoms with E-state index >= 15 is 0 Å². The fraction of sp³-hybridized carbons (Fsp3) is 0.696. The molecular formula is C23H39F3NO3P. The summed E-state index contributed by atoms with van der Waals surface area (Å²) in [7, 11) is 1.22. The van der Waals surface area contributed by atoms with Crippen molar-refractivity contribution in [1.82, 2.24) is 4.90 Å². The molecular weight excluding hydrogens is 426 g/mol. The van der Waals surface area contributed by atoms with Gasteiger partial charge in [-0.05, 0) is 62.1 Å². The Labute approximate surface area is 187 Å². The minimum atomic E-state index is -4.65. The number of amides is 1. The number of phenolic OH excluding ortho intramolecular Hbond substituents is 2. The van der Waals surface area contributed by atoms with Crippen LogP contribution in [0.15, 0.2) is 12.1 Å². The number of phenols is 2. The van der Waals surface area contributed by atoms with Crippen LogP contribution in [0, 0.1) is 12.8 Å². The first-order chi connectivity index (χ1) is 14.5. The first-order valence-electron chi connectivity index (χ1n) is 11.1. The Morgan fingerprint density at radius 1 is 1.16 bits per heavy atom. The number of rotatable bonds is 5. The van der Waals surface area contributed by atoms with Crippen molar-refractivity contribution in [2.24, 2.45) is 5.92 Å². The molecule has 1 aliphatic heterocycles. The zero-order valence-electron chi connectivity index (χ0n) is 19.5. The van der Waals surface area contributed by atoms with Crippen molar-refractivity contribution in [1.29, 1.82) is 0 Å². The average molecular weight is 466 g/mol. The van der Waals surface area contributed by atoms with Crippen LogP contribution in [0.4, 0.5) is 13.2 Å². The van der Waals surface area contributed by atoms with Crippen molar-refractivity contribution in [3.8, 4) is 11.5 Å². The van der Waals surface area contributed by atoms with E-state index in [2.05, 4.69) is 20.8 Å². The van der Waals surface area contributed by atoms with Crippen molar-refractivity contribution in [3.05, 3.63) is 23.3 Å². The summed E-state index contributed by atoms with van der Waals surface area (Å²) in [6.07, 6.45) is 4.05. The molecule has 1 saturated heterocycles. The molecule has 2 rings (SSSR count). The lowest BCUT2D eigenvalue weighted by atomic mass is 9.99. The number of piperidine rings is 1. The number of carbonyl (C=O) groups excluding carboxylic acids is 1. The van der Waals surface area contributed by atoms with Crippen LogP contribution >= 0.6 is 8.58 Å². The molecule has 4 nitrogen and oxygen atoms in total. The second kappa shape index (κ2) is 15.3. The molecule has 1 atom stereocenters. The largest absolute Gasteiger partial charge is 0.504 e. The third kappa shape index (κ3) is 12.2. The molecule has 0 aliphatic carbocycles. The van der Waals surface area contributed by atoms with Gasteiger partial charge in [-0.2, -0.15) is 13.2 Å². The molecule has 0 radical (unpaired) electrons. The Hall–Kier alpha value is -1.49. The molecule has 1 amide bonds. The van der Waals surface area contributed by atoms with Gasteiger partial charge in [-0.15, -0.1) is 8.58 Å². The number of unbranched alkanes of at least 4 members (excludes halogenated alkanes) is 1. The number of nitrogens with zero attached hydrogens (tertiary/aromatic N) is 1. The smallest absolute Gasteiger partial charge is 0.420 e. The third-order valence-electron chi connectivity index (χ3n) is 4.94. The number of aromatic hydroxyl groups is 2. The highest BCUT2D eigenvalue weighted by molar-refractivity contribution is 7.37. The Kier molecular flexibility index (Phi) is 14.6. The summed E-state index contributed by atoms with van der Waals surface area (Å²) in [5, 5.41) is 17.8. The van der Waals surface area contributed by atoms with Gasteiger partial charge in [0.2, 0.25) is 5.91 Å². The number of aryl methyl sites for hydroxylation is 1. The van der Waals surface area contributed by atoms with Crippen molar-refractivity contribution in [3.63, 3.8) is 0 Å². The van der Waals surface area contributed by atoms with E-state index < -0.39 is 23.2 Å². The van der Waals surface area contributed by atoms with Crippen LogP contribution < -0.4 is 0 Å². The van der Waals surface area contributed by atoms with Crippen molar-refractivity contribution in [2.75, 3.05) is 25.4 Å². The Morgan fingerprint density at radius 2 is 1.74 bits per heavy atom. The third-order valence-corrected chi connectivity index (χ3v) is 6.14. The van der Waals surface area contributed by atoms with Crippen LogP contribution in [-0.2, 0) is 11.0 Å². The fourth-order valence-electron chi connectivity index (χ4n) is 2.94. The molecule has 1 heterocycles. The van der Waals surface area contributed by atoms with Crippen LogP contribution in [0.25, 0.3) is 0 Å².